The lowest BCUT2D eigenvalue weighted by Gasteiger charge is -2.34. The molecule has 2 rings (SSSR count). The van der Waals surface area contributed by atoms with Gasteiger partial charge < -0.3 is 5.11 Å². The molecule has 0 amide bonds. The normalized spacial score (nSPS) is 26.9. The first-order valence-corrected chi connectivity index (χ1v) is 5.45. The van der Waals surface area contributed by atoms with Crippen molar-refractivity contribution in [2.24, 2.45) is 5.92 Å². The molecule has 0 spiro atoms. The van der Waals surface area contributed by atoms with Crippen LogP contribution in [-0.4, -0.2) is 11.7 Å². The summed E-state index contributed by atoms with van der Waals surface area (Å²) in [6, 6.07) is 8.47. The second-order valence-corrected chi connectivity index (χ2v) is 4.69. The molecule has 1 aliphatic carbocycles. The zero-order valence-corrected chi connectivity index (χ0v) is 9.00. The van der Waals surface area contributed by atoms with E-state index >= 15 is 0 Å². The van der Waals surface area contributed by atoms with Crippen LogP contribution in [0.15, 0.2) is 28.7 Å². The molecule has 0 aliphatic heterocycles. The minimum atomic E-state index is 0.352. The summed E-state index contributed by atoms with van der Waals surface area (Å²) in [6.07, 6.45) is 2.29. The zero-order valence-electron chi connectivity index (χ0n) is 7.41. The van der Waals surface area contributed by atoms with Gasteiger partial charge in [-0.3, -0.25) is 0 Å². The Balaban J connectivity index is 2.03. The van der Waals surface area contributed by atoms with Crippen molar-refractivity contribution in [2.45, 2.75) is 18.8 Å². The summed E-state index contributed by atoms with van der Waals surface area (Å²) in [6.45, 7) is 0.352. The molecule has 0 radical (unpaired) electrons. The highest BCUT2D eigenvalue weighted by Crippen LogP contribution is 2.41. The SMILES string of the molecule is OCC1CC(c2cccc(Br)c2)C1. The Labute approximate surface area is 86.9 Å². The van der Waals surface area contributed by atoms with Crippen LogP contribution in [0.1, 0.15) is 24.3 Å². The van der Waals surface area contributed by atoms with Crippen LogP contribution < -0.4 is 0 Å². The standard InChI is InChI=1S/C11H13BrO/c12-11-3-1-2-9(6-11)10-4-8(5-10)7-13/h1-3,6,8,10,13H,4-5,7H2. The Bertz CT molecular complexity index is 292. The lowest BCUT2D eigenvalue weighted by atomic mass is 9.72. The molecular formula is C11H13BrO. The summed E-state index contributed by atoms with van der Waals surface area (Å²) in [7, 11) is 0. The van der Waals surface area contributed by atoms with Crippen LogP contribution in [0, 0.1) is 5.92 Å². The van der Waals surface area contributed by atoms with E-state index in [4.69, 9.17) is 5.11 Å². The van der Waals surface area contributed by atoms with Gasteiger partial charge >= 0.3 is 0 Å². The molecule has 1 nitrogen and oxygen atoms in total. The summed E-state index contributed by atoms with van der Waals surface area (Å²) in [5, 5.41) is 8.90. The maximum Gasteiger partial charge on any atom is 0.0459 e. The molecule has 1 N–H and O–H groups in total. The van der Waals surface area contributed by atoms with E-state index in [1.54, 1.807) is 0 Å². The van der Waals surface area contributed by atoms with Crippen LogP contribution in [0.5, 0.6) is 0 Å². The highest BCUT2D eigenvalue weighted by molar-refractivity contribution is 9.10. The molecule has 1 fully saturated rings. The van der Waals surface area contributed by atoms with Crippen LogP contribution in [-0.2, 0) is 0 Å². The molecule has 0 saturated heterocycles. The molecule has 1 aromatic carbocycles. The largest absolute Gasteiger partial charge is 0.396 e. The van der Waals surface area contributed by atoms with Gasteiger partial charge in [-0.2, -0.15) is 0 Å². The Morgan fingerprint density at radius 2 is 2.15 bits per heavy atom. The van der Waals surface area contributed by atoms with Gasteiger partial charge in [0, 0.05) is 11.1 Å². The molecular weight excluding hydrogens is 228 g/mol. The molecule has 70 valence electrons. The summed E-state index contributed by atoms with van der Waals surface area (Å²) in [5.74, 6) is 1.22. The highest BCUT2D eigenvalue weighted by Gasteiger charge is 2.29. The Kier molecular flexibility index (Phi) is 2.70. The van der Waals surface area contributed by atoms with Gasteiger partial charge in [-0.15, -0.1) is 0 Å². The predicted octanol–water partition coefficient (Wildman–Crippen LogP) is 2.94. The van der Waals surface area contributed by atoms with E-state index in [9.17, 15) is 0 Å². The maximum absolute atomic E-state index is 8.90. The minimum Gasteiger partial charge on any atom is -0.396 e. The number of halogens is 1. The third-order valence-corrected chi connectivity index (χ3v) is 3.31. The van der Waals surface area contributed by atoms with Gasteiger partial charge in [0.15, 0.2) is 0 Å². The number of rotatable bonds is 2. The second kappa shape index (κ2) is 3.81. The Hall–Kier alpha value is -0.340. The smallest absolute Gasteiger partial charge is 0.0459 e. The quantitative estimate of drug-likeness (QED) is 0.843. The summed E-state index contributed by atoms with van der Waals surface area (Å²) in [5.41, 5.74) is 1.40. The third-order valence-electron chi connectivity index (χ3n) is 2.81. The number of benzene rings is 1. The van der Waals surface area contributed by atoms with Crippen molar-refractivity contribution in [1.82, 2.24) is 0 Å². The number of aliphatic hydroxyl groups excluding tert-OH is 1. The van der Waals surface area contributed by atoms with E-state index in [2.05, 4.69) is 34.1 Å². The van der Waals surface area contributed by atoms with E-state index in [1.807, 2.05) is 6.07 Å². The van der Waals surface area contributed by atoms with Crippen molar-refractivity contribution in [1.29, 1.82) is 0 Å². The molecule has 1 aliphatic rings. The van der Waals surface area contributed by atoms with Crippen molar-refractivity contribution < 1.29 is 5.11 Å². The molecule has 0 bridgehead atoms. The van der Waals surface area contributed by atoms with Crippen molar-refractivity contribution in [3.8, 4) is 0 Å². The van der Waals surface area contributed by atoms with Crippen LogP contribution in [0.4, 0.5) is 0 Å². The average molecular weight is 241 g/mol. The monoisotopic (exact) mass is 240 g/mol. The fourth-order valence-electron chi connectivity index (χ4n) is 1.92. The van der Waals surface area contributed by atoms with Gasteiger partial charge in [-0.1, -0.05) is 28.1 Å². The fraction of sp³-hybridized carbons (Fsp3) is 0.455. The summed E-state index contributed by atoms with van der Waals surface area (Å²) in [4.78, 5) is 0. The third kappa shape index (κ3) is 1.94. The molecule has 0 atom stereocenters. The summed E-state index contributed by atoms with van der Waals surface area (Å²) >= 11 is 3.47. The lowest BCUT2D eigenvalue weighted by Crippen LogP contribution is -2.24. The van der Waals surface area contributed by atoms with Crippen molar-refractivity contribution >= 4 is 15.9 Å². The minimum absolute atomic E-state index is 0.352. The molecule has 0 aromatic heterocycles. The van der Waals surface area contributed by atoms with Gasteiger partial charge in [0.25, 0.3) is 0 Å². The zero-order chi connectivity index (χ0) is 9.26. The second-order valence-electron chi connectivity index (χ2n) is 3.77. The highest BCUT2D eigenvalue weighted by atomic mass is 79.9. The van der Waals surface area contributed by atoms with Gasteiger partial charge in [0.05, 0.1) is 0 Å². The van der Waals surface area contributed by atoms with Crippen LogP contribution in [0.2, 0.25) is 0 Å². The van der Waals surface area contributed by atoms with E-state index in [1.165, 1.54) is 5.56 Å². The number of hydrogen-bond acceptors (Lipinski definition) is 1. The van der Waals surface area contributed by atoms with Crippen molar-refractivity contribution in [3.05, 3.63) is 34.3 Å². The molecule has 2 heteroatoms. The predicted molar refractivity (Wildman–Crippen MR) is 56.7 cm³/mol. The maximum atomic E-state index is 8.90. The van der Waals surface area contributed by atoms with Gasteiger partial charge in [-0.25, -0.2) is 0 Å². The molecule has 1 aromatic rings. The van der Waals surface area contributed by atoms with Crippen molar-refractivity contribution in [2.75, 3.05) is 6.61 Å². The first-order valence-electron chi connectivity index (χ1n) is 4.66. The van der Waals surface area contributed by atoms with E-state index in [-0.39, 0.29) is 0 Å². The molecule has 0 heterocycles. The first kappa shape index (κ1) is 9.22. The topological polar surface area (TPSA) is 20.2 Å². The van der Waals surface area contributed by atoms with Gasteiger partial charge in [-0.05, 0) is 42.4 Å². The van der Waals surface area contributed by atoms with E-state index in [0.717, 1.165) is 17.3 Å². The molecule has 0 unspecified atom stereocenters. The Morgan fingerprint density at radius 1 is 1.38 bits per heavy atom. The van der Waals surface area contributed by atoms with Crippen LogP contribution in [0.25, 0.3) is 0 Å². The van der Waals surface area contributed by atoms with Crippen LogP contribution in [0.3, 0.4) is 0 Å². The van der Waals surface area contributed by atoms with Gasteiger partial charge in [0.1, 0.15) is 0 Å². The fourth-order valence-corrected chi connectivity index (χ4v) is 2.33. The summed E-state index contributed by atoms with van der Waals surface area (Å²) < 4.78 is 1.15. The van der Waals surface area contributed by atoms with E-state index < -0.39 is 0 Å². The molecule has 1 saturated carbocycles. The lowest BCUT2D eigenvalue weighted by molar-refractivity contribution is 0.142. The molecule has 13 heavy (non-hydrogen) atoms. The first-order chi connectivity index (χ1) is 6.29. The number of aliphatic hydroxyl groups is 1. The van der Waals surface area contributed by atoms with Crippen molar-refractivity contribution in [3.63, 3.8) is 0 Å². The average Bonchev–Trinajstić information content (AvgIpc) is 2.02. The van der Waals surface area contributed by atoms with Gasteiger partial charge in [0.2, 0.25) is 0 Å². The number of hydrogen-bond donors (Lipinski definition) is 1. The van der Waals surface area contributed by atoms with Crippen LogP contribution >= 0.6 is 15.9 Å². The Morgan fingerprint density at radius 3 is 2.77 bits per heavy atom. The van der Waals surface area contributed by atoms with E-state index in [0.29, 0.717) is 18.4 Å².